The quantitative estimate of drug-likeness (QED) is 0.707. The van der Waals surface area contributed by atoms with E-state index in [-0.39, 0.29) is 0 Å². The van der Waals surface area contributed by atoms with Gasteiger partial charge in [-0.25, -0.2) is 0 Å². The Bertz CT molecular complexity index is 390. The fourth-order valence-electron chi connectivity index (χ4n) is 1.23. The minimum atomic E-state index is 1.13. The lowest BCUT2D eigenvalue weighted by Crippen LogP contribution is -1.68. The maximum atomic E-state index is 3.44. The van der Waals surface area contributed by atoms with Crippen molar-refractivity contribution in [3.05, 3.63) is 34.4 Å². The topological polar surface area (TPSA) is 15.8 Å². The third kappa shape index (κ3) is 2.13. The maximum absolute atomic E-state index is 3.44. The predicted octanol–water partition coefficient (Wildman–Crippen LogP) is 4.27. The highest BCUT2D eigenvalue weighted by Gasteiger charge is 1.97. The Morgan fingerprint density at radius 1 is 1.23 bits per heavy atom. The van der Waals surface area contributed by atoms with Crippen LogP contribution >= 0.6 is 15.9 Å². The van der Waals surface area contributed by atoms with Gasteiger partial charge in [-0.15, -0.1) is 0 Å². The van der Waals surface area contributed by atoms with E-state index in [1.807, 2.05) is 26.1 Å². The smallest absolute Gasteiger partial charge is 0.0457 e. The average Bonchev–Trinajstić information content (AvgIpc) is 2.52. The number of H-pyrrole nitrogens is 1. The highest BCUT2D eigenvalue weighted by molar-refractivity contribution is 9.10. The van der Waals surface area contributed by atoms with Crippen molar-refractivity contribution in [3.8, 4) is 0 Å². The number of fused-ring (bicyclic) bond motifs is 1. The molecule has 0 aliphatic carbocycles. The Hall–Kier alpha value is -0.760. The Balaban J connectivity index is 0.000000396. The molecule has 0 atom stereocenters. The van der Waals surface area contributed by atoms with Crippen LogP contribution in [0, 0.1) is 6.92 Å². The highest BCUT2D eigenvalue weighted by Crippen LogP contribution is 2.21. The molecule has 0 aliphatic heterocycles. The molecule has 1 nitrogen and oxygen atoms in total. The third-order valence-corrected chi connectivity index (χ3v) is 2.34. The second-order valence-corrected chi connectivity index (χ2v) is 3.58. The van der Waals surface area contributed by atoms with E-state index in [1.165, 1.54) is 16.5 Å². The van der Waals surface area contributed by atoms with Crippen molar-refractivity contribution in [3.63, 3.8) is 0 Å². The van der Waals surface area contributed by atoms with Crippen LogP contribution in [0.5, 0.6) is 0 Å². The molecule has 1 aromatic heterocycles. The number of halogens is 1. The van der Waals surface area contributed by atoms with Gasteiger partial charge in [0.25, 0.3) is 0 Å². The van der Waals surface area contributed by atoms with E-state index in [9.17, 15) is 0 Å². The van der Waals surface area contributed by atoms with Gasteiger partial charge in [-0.1, -0.05) is 29.8 Å². The Kier molecular flexibility index (Phi) is 3.55. The van der Waals surface area contributed by atoms with Gasteiger partial charge < -0.3 is 4.98 Å². The summed E-state index contributed by atoms with van der Waals surface area (Å²) in [5.41, 5.74) is 2.49. The fraction of sp³-hybridized carbons (Fsp3) is 0.273. The predicted molar refractivity (Wildman–Crippen MR) is 62.1 cm³/mol. The van der Waals surface area contributed by atoms with Crippen molar-refractivity contribution in [2.24, 2.45) is 0 Å². The van der Waals surface area contributed by atoms with E-state index in [0.717, 1.165) is 4.47 Å². The lowest BCUT2D eigenvalue weighted by molar-refractivity contribution is 1.43. The second-order valence-electron chi connectivity index (χ2n) is 2.66. The molecule has 0 amide bonds. The molecule has 0 radical (unpaired) electrons. The minimum absolute atomic E-state index is 1.13. The van der Waals surface area contributed by atoms with E-state index >= 15 is 0 Å². The molecule has 1 N–H and O–H groups in total. The zero-order valence-electron chi connectivity index (χ0n) is 8.19. The molecule has 0 fully saturated rings. The van der Waals surface area contributed by atoms with Gasteiger partial charge in [-0.05, 0) is 30.7 Å². The zero-order chi connectivity index (χ0) is 9.84. The summed E-state index contributed by atoms with van der Waals surface area (Å²) in [6.45, 7) is 6.10. The molecule has 0 saturated heterocycles. The lowest BCUT2D eigenvalue weighted by atomic mass is 10.2. The number of nitrogens with one attached hydrogen (secondary N) is 1. The number of rotatable bonds is 0. The molecule has 70 valence electrons. The normalized spacial score (nSPS) is 9.54. The Morgan fingerprint density at radius 3 is 2.62 bits per heavy atom. The standard InChI is InChI=1S/C9H8BrN.C2H6/c1-6-5-11-9-3-2-7(10)4-8(6)9;1-2/h2-5,11H,1H3;1-2H3. The van der Waals surface area contributed by atoms with Crippen LogP contribution in [0.2, 0.25) is 0 Å². The van der Waals surface area contributed by atoms with Gasteiger partial charge in [-0.3, -0.25) is 0 Å². The first-order valence-corrected chi connectivity index (χ1v) is 5.30. The molecule has 1 aromatic carbocycles. The number of benzene rings is 1. The van der Waals surface area contributed by atoms with E-state index in [0.29, 0.717) is 0 Å². The summed E-state index contributed by atoms with van der Waals surface area (Å²) >= 11 is 3.44. The summed E-state index contributed by atoms with van der Waals surface area (Å²) in [6.07, 6.45) is 2.02. The number of aromatic amines is 1. The third-order valence-electron chi connectivity index (χ3n) is 1.85. The first-order valence-electron chi connectivity index (χ1n) is 4.50. The second kappa shape index (κ2) is 4.47. The molecule has 0 aliphatic rings. The maximum Gasteiger partial charge on any atom is 0.0457 e. The van der Waals surface area contributed by atoms with Crippen molar-refractivity contribution < 1.29 is 0 Å². The van der Waals surface area contributed by atoms with Crippen molar-refractivity contribution >= 4 is 26.8 Å². The van der Waals surface area contributed by atoms with E-state index in [2.05, 4.69) is 40.0 Å². The minimum Gasteiger partial charge on any atom is -0.361 e. The molecule has 2 aromatic rings. The zero-order valence-corrected chi connectivity index (χ0v) is 9.77. The van der Waals surface area contributed by atoms with E-state index < -0.39 is 0 Å². The first-order chi connectivity index (χ1) is 6.27. The van der Waals surface area contributed by atoms with E-state index in [4.69, 9.17) is 0 Å². The molecule has 2 rings (SSSR count). The van der Waals surface area contributed by atoms with Crippen molar-refractivity contribution in [2.75, 3.05) is 0 Å². The Morgan fingerprint density at radius 2 is 1.92 bits per heavy atom. The van der Waals surface area contributed by atoms with Crippen LogP contribution in [-0.2, 0) is 0 Å². The van der Waals surface area contributed by atoms with Crippen LogP contribution in [0.25, 0.3) is 10.9 Å². The number of aryl methyl sites for hydroxylation is 1. The van der Waals surface area contributed by atoms with Gasteiger partial charge in [0.2, 0.25) is 0 Å². The lowest BCUT2D eigenvalue weighted by Gasteiger charge is -1.91. The summed E-state index contributed by atoms with van der Waals surface area (Å²) in [5.74, 6) is 0. The molecular weight excluding hydrogens is 226 g/mol. The van der Waals surface area contributed by atoms with E-state index in [1.54, 1.807) is 0 Å². The van der Waals surface area contributed by atoms with Gasteiger partial charge in [0.05, 0.1) is 0 Å². The summed E-state index contributed by atoms with van der Waals surface area (Å²) in [6, 6.07) is 6.24. The van der Waals surface area contributed by atoms with Gasteiger partial charge in [0.1, 0.15) is 0 Å². The number of aromatic nitrogens is 1. The molecule has 1 heterocycles. The summed E-state index contributed by atoms with van der Waals surface area (Å²) < 4.78 is 1.13. The summed E-state index contributed by atoms with van der Waals surface area (Å²) in [5, 5.41) is 1.29. The molecule has 0 spiro atoms. The molecule has 2 heteroatoms. The fourth-order valence-corrected chi connectivity index (χ4v) is 1.59. The van der Waals surface area contributed by atoms with Gasteiger partial charge >= 0.3 is 0 Å². The van der Waals surface area contributed by atoms with Crippen molar-refractivity contribution in [2.45, 2.75) is 20.8 Å². The monoisotopic (exact) mass is 239 g/mol. The molecule has 0 saturated carbocycles. The van der Waals surface area contributed by atoms with Gasteiger partial charge in [0.15, 0.2) is 0 Å². The molecule has 0 bridgehead atoms. The van der Waals surface area contributed by atoms with Crippen LogP contribution in [-0.4, -0.2) is 4.98 Å². The van der Waals surface area contributed by atoms with Crippen LogP contribution < -0.4 is 0 Å². The van der Waals surface area contributed by atoms with Crippen LogP contribution in [0.3, 0.4) is 0 Å². The molecule has 13 heavy (non-hydrogen) atoms. The first kappa shape index (κ1) is 10.3. The van der Waals surface area contributed by atoms with Gasteiger partial charge in [-0.2, -0.15) is 0 Å². The number of hydrogen-bond donors (Lipinski definition) is 1. The SMILES string of the molecule is CC.Cc1c[nH]c2ccc(Br)cc12. The molecule has 0 unspecified atom stereocenters. The summed E-state index contributed by atoms with van der Waals surface area (Å²) in [4.78, 5) is 3.19. The Labute approximate surface area is 87.3 Å². The van der Waals surface area contributed by atoms with Crippen LogP contribution in [0.1, 0.15) is 19.4 Å². The van der Waals surface area contributed by atoms with Crippen molar-refractivity contribution in [1.29, 1.82) is 0 Å². The summed E-state index contributed by atoms with van der Waals surface area (Å²) in [7, 11) is 0. The van der Waals surface area contributed by atoms with Crippen molar-refractivity contribution in [1.82, 2.24) is 4.98 Å². The average molecular weight is 240 g/mol. The van der Waals surface area contributed by atoms with Gasteiger partial charge in [0, 0.05) is 21.6 Å². The van der Waals surface area contributed by atoms with Crippen LogP contribution in [0.4, 0.5) is 0 Å². The van der Waals surface area contributed by atoms with Crippen LogP contribution in [0.15, 0.2) is 28.9 Å². The number of hydrogen-bond acceptors (Lipinski definition) is 0. The molecular formula is C11H14BrN. The largest absolute Gasteiger partial charge is 0.361 e. The highest BCUT2D eigenvalue weighted by atomic mass is 79.9.